The van der Waals surface area contributed by atoms with Crippen LogP contribution >= 0.6 is 0 Å². The molecule has 1 fully saturated rings. The number of fused-ring (bicyclic) bond motifs is 1. The number of hydrogen-bond acceptors (Lipinski definition) is 3. The molecule has 1 aliphatic heterocycles. The topological polar surface area (TPSA) is 35.2 Å². The maximum Gasteiger partial charge on any atom is 0.138 e. The van der Waals surface area contributed by atoms with Crippen LogP contribution in [0.1, 0.15) is 26.0 Å². The van der Waals surface area contributed by atoms with Gasteiger partial charge in [0.05, 0.1) is 0 Å². The molecule has 1 saturated heterocycles. The molecule has 0 spiro atoms. The average Bonchev–Trinajstić information content (AvgIpc) is 3.33. The van der Waals surface area contributed by atoms with E-state index in [1.54, 1.807) is 0 Å². The van der Waals surface area contributed by atoms with Crippen molar-refractivity contribution in [2.24, 2.45) is 0 Å². The Labute approximate surface area is 155 Å². The lowest BCUT2D eigenvalue weighted by atomic mass is 10.0. The summed E-state index contributed by atoms with van der Waals surface area (Å²) < 4.78 is 0. The van der Waals surface area contributed by atoms with Crippen LogP contribution in [0.5, 0.6) is 0 Å². The number of nitrogens with zero attached hydrogens (tertiary/aromatic N) is 3. The monoisotopic (exact) mass is 348 g/mol. The predicted molar refractivity (Wildman–Crippen MR) is 108 cm³/mol. The summed E-state index contributed by atoms with van der Waals surface area (Å²) in [7, 11) is 0. The van der Waals surface area contributed by atoms with Crippen molar-refractivity contribution in [3.8, 4) is 11.4 Å². The first-order valence-electron chi connectivity index (χ1n) is 9.77. The standard InChI is InChI=1S/C22H28N4/c1-3-26(4-2)19-12-13-25(16-19)15-18-14-23-22(24-18)21-11-7-9-17-8-5-6-10-20(17)21/h5-11,14,19H,3-4,12-13,15-16H2,1-2H3,(H,23,24). The van der Waals surface area contributed by atoms with E-state index in [0.717, 1.165) is 32.0 Å². The van der Waals surface area contributed by atoms with E-state index in [9.17, 15) is 0 Å². The summed E-state index contributed by atoms with van der Waals surface area (Å²) in [5.74, 6) is 0.969. The van der Waals surface area contributed by atoms with Crippen LogP contribution in [0.25, 0.3) is 22.2 Å². The zero-order valence-electron chi connectivity index (χ0n) is 15.8. The molecule has 3 aromatic rings. The minimum absolute atomic E-state index is 0.699. The van der Waals surface area contributed by atoms with Gasteiger partial charge in [-0.15, -0.1) is 0 Å². The van der Waals surface area contributed by atoms with Gasteiger partial charge in [-0.2, -0.15) is 0 Å². The Bertz CT molecular complexity index is 860. The molecule has 0 radical (unpaired) electrons. The molecule has 4 nitrogen and oxygen atoms in total. The van der Waals surface area contributed by atoms with Gasteiger partial charge in [-0.1, -0.05) is 56.3 Å². The van der Waals surface area contributed by atoms with Gasteiger partial charge >= 0.3 is 0 Å². The van der Waals surface area contributed by atoms with Crippen LogP contribution in [-0.4, -0.2) is 52.0 Å². The Kier molecular flexibility index (Phi) is 5.05. The summed E-state index contributed by atoms with van der Waals surface area (Å²) in [4.78, 5) is 13.3. The van der Waals surface area contributed by atoms with Crippen LogP contribution in [0.2, 0.25) is 0 Å². The van der Waals surface area contributed by atoms with Crippen LogP contribution in [-0.2, 0) is 6.54 Å². The van der Waals surface area contributed by atoms with Crippen LogP contribution in [0, 0.1) is 0 Å². The lowest BCUT2D eigenvalue weighted by Gasteiger charge is -2.26. The van der Waals surface area contributed by atoms with E-state index in [0.29, 0.717) is 6.04 Å². The van der Waals surface area contributed by atoms with Crippen molar-refractivity contribution in [1.82, 2.24) is 19.8 Å². The first kappa shape index (κ1) is 17.3. The normalized spacial score (nSPS) is 18.2. The fraction of sp³-hybridized carbons (Fsp3) is 0.409. The van der Waals surface area contributed by atoms with Crippen molar-refractivity contribution in [3.05, 3.63) is 54.4 Å². The highest BCUT2D eigenvalue weighted by Gasteiger charge is 2.26. The summed E-state index contributed by atoms with van der Waals surface area (Å²) in [5, 5.41) is 2.50. The summed E-state index contributed by atoms with van der Waals surface area (Å²) in [6.07, 6.45) is 3.27. The molecule has 136 valence electrons. The van der Waals surface area contributed by atoms with Gasteiger partial charge in [0.25, 0.3) is 0 Å². The molecule has 0 aliphatic carbocycles. The highest BCUT2D eigenvalue weighted by atomic mass is 15.3. The molecule has 2 heterocycles. The predicted octanol–water partition coefficient (Wildman–Crippen LogP) is 4.15. The van der Waals surface area contributed by atoms with E-state index < -0.39 is 0 Å². The Morgan fingerprint density at radius 1 is 1.12 bits per heavy atom. The van der Waals surface area contributed by atoms with Crippen molar-refractivity contribution < 1.29 is 0 Å². The van der Waals surface area contributed by atoms with Crippen LogP contribution in [0.4, 0.5) is 0 Å². The molecule has 0 bridgehead atoms. The number of rotatable bonds is 6. The number of aromatic nitrogens is 2. The van der Waals surface area contributed by atoms with Gasteiger partial charge < -0.3 is 4.98 Å². The quantitative estimate of drug-likeness (QED) is 0.727. The van der Waals surface area contributed by atoms with Gasteiger partial charge in [0.1, 0.15) is 5.82 Å². The molecule has 4 rings (SSSR count). The summed E-state index contributed by atoms with van der Waals surface area (Å²) in [6.45, 7) is 10.1. The molecule has 4 heteroatoms. The molecule has 1 aliphatic rings. The molecule has 2 aromatic carbocycles. The maximum absolute atomic E-state index is 4.67. The average molecular weight is 348 g/mol. The van der Waals surface area contributed by atoms with Gasteiger partial charge in [0, 0.05) is 43.1 Å². The Hall–Kier alpha value is -2.17. The van der Waals surface area contributed by atoms with E-state index in [2.05, 4.69) is 76.1 Å². The second-order valence-electron chi connectivity index (χ2n) is 7.18. The summed E-state index contributed by atoms with van der Waals surface area (Å²) in [6, 6.07) is 15.6. The van der Waals surface area contributed by atoms with Crippen LogP contribution < -0.4 is 0 Å². The van der Waals surface area contributed by atoms with Gasteiger partial charge in [0.15, 0.2) is 0 Å². The number of H-pyrrole nitrogens is 1. The van der Waals surface area contributed by atoms with Gasteiger partial charge in [0.2, 0.25) is 0 Å². The zero-order valence-corrected chi connectivity index (χ0v) is 15.8. The number of imidazole rings is 1. The first-order chi connectivity index (χ1) is 12.8. The number of nitrogens with one attached hydrogen (secondary N) is 1. The van der Waals surface area contributed by atoms with E-state index in [1.165, 1.54) is 35.0 Å². The minimum atomic E-state index is 0.699. The Morgan fingerprint density at radius 2 is 1.92 bits per heavy atom. The number of likely N-dealkylation sites (N-methyl/N-ethyl adjacent to an activating group) is 1. The molecule has 1 aromatic heterocycles. The molecule has 0 amide bonds. The fourth-order valence-electron chi connectivity index (χ4n) is 4.24. The highest BCUT2D eigenvalue weighted by Crippen LogP contribution is 2.27. The number of aromatic amines is 1. The molecule has 0 saturated carbocycles. The van der Waals surface area contributed by atoms with Gasteiger partial charge in [-0.25, -0.2) is 4.98 Å². The number of benzene rings is 2. The molecule has 26 heavy (non-hydrogen) atoms. The second kappa shape index (κ2) is 7.60. The second-order valence-corrected chi connectivity index (χ2v) is 7.18. The largest absolute Gasteiger partial charge is 0.341 e. The molecule has 1 unspecified atom stereocenters. The molecular weight excluding hydrogens is 320 g/mol. The van der Waals surface area contributed by atoms with E-state index in [-0.39, 0.29) is 0 Å². The summed E-state index contributed by atoms with van der Waals surface area (Å²) in [5.41, 5.74) is 2.38. The SMILES string of the molecule is CCN(CC)C1CCN(Cc2cnc(-c3cccc4ccccc34)[nH]2)C1. The maximum atomic E-state index is 4.67. The zero-order chi connectivity index (χ0) is 17.9. The van der Waals surface area contributed by atoms with Crippen LogP contribution in [0.3, 0.4) is 0 Å². The molecule has 1 N–H and O–H groups in total. The number of likely N-dealkylation sites (tertiary alicyclic amines) is 1. The summed E-state index contributed by atoms with van der Waals surface area (Å²) >= 11 is 0. The Balaban J connectivity index is 1.49. The smallest absolute Gasteiger partial charge is 0.138 e. The third-order valence-corrected chi connectivity index (χ3v) is 5.64. The minimum Gasteiger partial charge on any atom is -0.341 e. The van der Waals surface area contributed by atoms with Crippen molar-refractivity contribution >= 4 is 10.8 Å². The third-order valence-electron chi connectivity index (χ3n) is 5.64. The van der Waals surface area contributed by atoms with Crippen molar-refractivity contribution in [2.45, 2.75) is 32.9 Å². The van der Waals surface area contributed by atoms with Gasteiger partial charge in [-0.05, 0) is 30.3 Å². The third kappa shape index (κ3) is 3.39. The van der Waals surface area contributed by atoms with Crippen molar-refractivity contribution in [3.63, 3.8) is 0 Å². The lowest BCUT2D eigenvalue weighted by molar-refractivity contribution is 0.208. The first-order valence-corrected chi connectivity index (χ1v) is 9.77. The fourth-order valence-corrected chi connectivity index (χ4v) is 4.24. The van der Waals surface area contributed by atoms with Crippen molar-refractivity contribution in [2.75, 3.05) is 26.2 Å². The number of hydrogen-bond donors (Lipinski definition) is 1. The van der Waals surface area contributed by atoms with Gasteiger partial charge in [-0.3, -0.25) is 9.80 Å². The van der Waals surface area contributed by atoms with E-state index >= 15 is 0 Å². The molecular formula is C22H28N4. The highest BCUT2D eigenvalue weighted by molar-refractivity contribution is 5.95. The van der Waals surface area contributed by atoms with Crippen molar-refractivity contribution in [1.29, 1.82) is 0 Å². The lowest BCUT2D eigenvalue weighted by Crippen LogP contribution is -2.37. The van der Waals surface area contributed by atoms with Crippen LogP contribution in [0.15, 0.2) is 48.7 Å². The Morgan fingerprint density at radius 3 is 2.77 bits per heavy atom. The molecule has 1 atom stereocenters. The van der Waals surface area contributed by atoms with E-state index in [4.69, 9.17) is 0 Å². The van der Waals surface area contributed by atoms with E-state index in [1.807, 2.05) is 6.20 Å².